The molecule has 0 fully saturated rings. The van der Waals surface area contributed by atoms with Crippen LogP contribution in [0.25, 0.3) is 0 Å². The fourth-order valence-corrected chi connectivity index (χ4v) is 1.26. The number of carbonyl (C=O) groups excluding carboxylic acids is 2. The van der Waals surface area contributed by atoms with Gasteiger partial charge < -0.3 is 11.1 Å². The van der Waals surface area contributed by atoms with Gasteiger partial charge >= 0.3 is 0 Å². The maximum absolute atomic E-state index is 11.3. The molecule has 0 spiro atoms. The molecule has 0 bridgehead atoms. The number of primary amides is 1. The van der Waals surface area contributed by atoms with E-state index in [0.717, 1.165) is 4.47 Å². The van der Waals surface area contributed by atoms with E-state index in [0.29, 0.717) is 5.69 Å². The van der Waals surface area contributed by atoms with Crippen LogP contribution in [0, 0.1) is 0 Å². The minimum Gasteiger partial charge on any atom is -0.370 e. The zero-order valence-electron chi connectivity index (χ0n) is 8.00. The molecule has 0 aromatic heterocycles. The third-order valence-electron chi connectivity index (χ3n) is 1.73. The molecule has 0 aliphatic heterocycles. The van der Waals surface area contributed by atoms with E-state index < -0.39 is 5.91 Å². The highest BCUT2D eigenvalue weighted by atomic mass is 79.9. The molecule has 0 saturated carbocycles. The van der Waals surface area contributed by atoms with E-state index in [9.17, 15) is 9.59 Å². The Morgan fingerprint density at radius 2 is 1.80 bits per heavy atom. The van der Waals surface area contributed by atoms with Gasteiger partial charge in [-0.05, 0) is 24.3 Å². The number of nitrogens with two attached hydrogens (primary N) is 1. The molecule has 0 saturated heterocycles. The molecule has 3 N–H and O–H groups in total. The Hall–Kier alpha value is -1.36. The second-order valence-electron chi connectivity index (χ2n) is 3.02. The standard InChI is InChI=1S/C10H11BrN2O2/c11-7-1-3-8(4-2-7)13-10(15)6-5-9(12)14/h1-4H,5-6H2,(H2,12,14)(H,13,15). The quantitative estimate of drug-likeness (QED) is 0.874. The Balaban J connectivity index is 2.44. The molecule has 15 heavy (non-hydrogen) atoms. The zero-order valence-corrected chi connectivity index (χ0v) is 9.58. The highest BCUT2D eigenvalue weighted by Crippen LogP contribution is 2.14. The first-order chi connectivity index (χ1) is 7.08. The lowest BCUT2D eigenvalue weighted by molar-refractivity contribution is -0.122. The Bertz CT molecular complexity index is 362. The molecule has 1 aromatic carbocycles. The minimum absolute atomic E-state index is 0.0718. The van der Waals surface area contributed by atoms with Gasteiger partial charge in [0.05, 0.1) is 0 Å². The second-order valence-corrected chi connectivity index (χ2v) is 3.94. The van der Waals surface area contributed by atoms with Gasteiger partial charge in [0.15, 0.2) is 0 Å². The van der Waals surface area contributed by atoms with Crippen molar-refractivity contribution in [3.8, 4) is 0 Å². The second kappa shape index (κ2) is 5.50. The van der Waals surface area contributed by atoms with E-state index in [2.05, 4.69) is 21.2 Å². The zero-order chi connectivity index (χ0) is 11.3. The lowest BCUT2D eigenvalue weighted by Crippen LogP contribution is -2.17. The van der Waals surface area contributed by atoms with Crippen molar-refractivity contribution < 1.29 is 9.59 Å². The molecular weight excluding hydrogens is 260 g/mol. The molecule has 1 rings (SSSR count). The Morgan fingerprint density at radius 1 is 1.20 bits per heavy atom. The van der Waals surface area contributed by atoms with Gasteiger partial charge in [-0.1, -0.05) is 15.9 Å². The van der Waals surface area contributed by atoms with E-state index >= 15 is 0 Å². The fourth-order valence-electron chi connectivity index (χ4n) is 0.993. The summed E-state index contributed by atoms with van der Waals surface area (Å²) in [5.74, 6) is -0.683. The Labute approximate surface area is 96.0 Å². The summed E-state index contributed by atoms with van der Waals surface area (Å²) in [5, 5.41) is 2.66. The monoisotopic (exact) mass is 270 g/mol. The first-order valence-corrected chi connectivity index (χ1v) is 5.21. The average molecular weight is 271 g/mol. The third kappa shape index (κ3) is 4.60. The van der Waals surface area contributed by atoms with Crippen LogP contribution >= 0.6 is 15.9 Å². The number of carbonyl (C=O) groups is 2. The average Bonchev–Trinajstić information content (AvgIpc) is 2.19. The van der Waals surface area contributed by atoms with Crippen LogP contribution in [0.3, 0.4) is 0 Å². The van der Waals surface area contributed by atoms with Crippen LogP contribution < -0.4 is 11.1 Å². The molecule has 0 atom stereocenters. The van der Waals surface area contributed by atoms with Gasteiger partial charge in [-0.25, -0.2) is 0 Å². The highest BCUT2D eigenvalue weighted by Gasteiger charge is 2.04. The molecule has 0 aliphatic carbocycles. The smallest absolute Gasteiger partial charge is 0.224 e. The predicted octanol–water partition coefficient (Wildman–Crippen LogP) is 1.65. The van der Waals surface area contributed by atoms with Gasteiger partial charge in [-0.3, -0.25) is 9.59 Å². The van der Waals surface area contributed by atoms with Crippen LogP contribution in [0.15, 0.2) is 28.7 Å². The summed E-state index contributed by atoms with van der Waals surface area (Å²) in [5.41, 5.74) is 5.63. The van der Waals surface area contributed by atoms with E-state index in [4.69, 9.17) is 5.73 Å². The van der Waals surface area contributed by atoms with Crippen molar-refractivity contribution in [2.75, 3.05) is 5.32 Å². The van der Waals surface area contributed by atoms with Gasteiger partial charge in [0, 0.05) is 23.0 Å². The number of amides is 2. The normalized spacial score (nSPS) is 9.67. The first-order valence-electron chi connectivity index (χ1n) is 4.41. The van der Waals surface area contributed by atoms with E-state index in [-0.39, 0.29) is 18.7 Å². The SMILES string of the molecule is NC(=O)CCC(=O)Nc1ccc(Br)cc1. The van der Waals surface area contributed by atoms with Gasteiger partial charge in [-0.15, -0.1) is 0 Å². The topological polar surface area (TPSA) is 72.2 Å². The molecular formula is C10H11BrN2O2. The number of rotatable bonds is 4. The van der Waals surface area contributed by atoms with E-state index in [1.165, 1.54) is 0 Å². The van der Waals surface area contributed by atoms with Crippen LogP contribution in [-0.4, -0.2) is 11.8 Å². The van der Waals surface area contributed by atoms with E-state index in [1.54, 1.807) is 12.1 Å². The summed E-state index contributed by atoms with van der Waals surface area (Å²) in [4.78, 5) is 21.7. The molecule has 1 aromatic rings. The van der Waals surface area contributed by atoms with Crippen molar-refractivity contribution in [1.29, 1.82) is 0 Å². The van der Waals surface area contributed by atoms with Crippen LogP contribution in [0.4, 0.5) is 5.69 Å². The summed E-state index contributed by atoms with van der Waals surface area (Å²) < 4.78 is 0.942. The van der Waals surface area contributed by atoms with Crippen LogP contribution in [0.1, 0.15) is 12.8 Å². The molecule has 80 valence electrons. The van der Waals surface area contributed by atoms with Crippen molar-refractivity contribution in [3.63, 3.8) is 0 Å². The predicted molar refractivity (Wildman–Crippen MR) is 61.2 cm³/mol. The number of hydrogen-bond acceptors (Lipinski definition) is 2. The summed E-state index contributed by atoms with van der Waals surface area (Å²) in [6.07, 6.45) is 0.188. The summed E-state index contributed by atoms with van der Waals surface area (Å²) >= 11 is 3.29. The molecule has 0 aliphatic rings. The third-order valence-corrected chi connectivity index (χ3v) is 2.26. The number of hydrogen-bond donors (Lipinski definition) is 2. The van der Waals surface area contributed by atoms with Crippen LogP contribution in [0.5, 0.6) is 0 Å². The largest absolute Gasteiger partial charge is 0.370 e. The number of anilines is 1. The first kappa shape index (κ1) is 11.7. The van der Waals surface area contributed by atoms with Crippen molar-refractivity contribution in [2.24, 2.45) is 5.73 Å². The lowest BCUT2D eigenvalue weighted by Gasteiger charge is -2.03. The van der Waals surface area contributed by atoms with Crippen molar-refractivity contribution in [1.82, 2.24) is 0 Å². The molecule has 4 nitrogen and oxygen atoms in total. The number of halogens is 1. The molecule has 2 amide bonds. The minimum atomic E-state index is -0.471. The number of nitrogens with one attached hydrogen (secondary N) is 1. The maximum Gasteiger partial charge on any atom is 0.224 e. The van der Waals surface area contributed by atoms with Crippen molar-refractivity contribution >= 4 is 33.4 Å². The lowest BCUT2D eigenvalue weighted by atomic mass is 10.2. The highest BCUT2D eigenvalue weighted by molar-refractivity contribution is 9.10. The van der Waals surface area contributed by atoms with Gasteiger partial charge in [0.2, 0.25) is 11.8 Å². The Morgan fingerprint density at radius 3 is 2.33 bits per heavy atom. The molecule has 5 heteroatoms. The van der Waals surface area contributed by atoms with E-state index in [1.807, 2.05) is 12.1 Å². The van der Waals surface area contributed by atoms with Crippen molar-refractivity contribution in [2.45, 2.75) is 12.8 Å². The number of benzene rings is 1. The fraction of sp³-hybridized carbons (Fsp3) is 0.200. The van der Waals surface area contributed by atoms with Crippen LogP contribution in [-0.2, 0) is 9.59 Å². The molecule has 0 heterocycles. The van der Waals surface area contributed by atoms with Crippen molar-refractivity contribution in [3.05, 3.63) is 28.7 Å². The summed E-state index contributed by atoms with van der Waals surface area (Å²) in [6.45, 7) is 0. The maximum atomic E-state index is 11.3. The van der Waals surface area contributed by atoms with Gasteiger partial charge in [0.25, 0.3) is 0 Å². The summed E-state index contributed by atoms with van der Waals surface area (Å²) in [6, 6.07) is 7.19. The van der Waals surface area contributed by atoms with Gasteiger partial charge in [-0.2, -0.15) is 0 Å². The van der Waals surface area contributed by atoms with Crippen LogP contribution in [0.2, 0.25) is 0 Å². The molecule has 0 radical (unpaired) electrons. The summed E-state index contributed by atoms with van der Waals surface area (Å²) in [7, 11) is 0. The van der Waals surface area contributed by atoms with Gasteiger partial charge in [0.1, 0.15) is 0 Å². The Kier molecular flexibility index (Phi) is 4.30. The molecule has 0 unspecified atom stereocenters.